The van der Waals surface area contributed by atoms with Gasteiger partial charge in [-0.3, -0.25) is 14.7 Å². The molecular formula is C25H35N5O2. The van der Waals surface area contributed by atoms with E-state index >= 15 is 0 Å². The van der Waals surface area contributed by atoms with Crippen molar-refractivity contribution in [3.8, 4) is 5.75 Å². The zero-order valence-electron chi connectivity index (χ0n) is 19.1. The van der Waals surface area contributed by atoms with Crippen LogP contribution in [0.4, 0.5) is 0 Å². The lowest BCUT2D eigenvalue weighted by Gasteiger charge is -2.31. The number of hydrogen-bond acceptors (Lipinski definition) is 4. The number of aliphatic imine (C=N–C) groups is 1. The van der Waals surface area contributed by atoms with E-state index in [1.54, 1.807) is 14.2 Å². The molecule has 0 aromatic heterocycles. The van der Waals surface area contributed by atoms with Gasteiger partial charge >= 0.3 is 0 Å². The molecule has 0 spiro atoms. The van der Waals surface area contributed by atoms with E-state index in [4.69, 9.17) is 10.5 Å². The molecule has 0 aliphatic carbocycles. The molecule has 2 aromatic carbocycles. The van der Waals surface area contributed by atoms with Crippen molar-refractivity contribution in [3.05, 3.63) is 65.2 Å². The number of piperidine rings is 1. The van der Waals surface area contributed by atoms with Gasteiger partial charge in [0.05, 0.1) is 13.0 Å². The molecular weight excluding hydrogens is 402 g/mol. The second-order valence-electron chi connectivity index (χ2n) is 8.25. The molecule has 1 aliphatic heterocycles. The van der Waals surface area contributed by atoms with Gasteiger partial charge in [-0.25, -0.2) is 0 Å². The summed E-state index contributed by atoms with van der Waals surface area (Å²) in [6.45, 7) is 4.09. The fourth-order valence-electron chi connectivity index (χ4n) is 4.05. The van der Waals surface area contributed by atoms with Crippen LogP contribution < -0.4 is 21.1 Å². The highest BCUT2D eigenvalue weighted by atomic mass is 16.5. The molecule has 0 bridgehead atoms. The van der Waals surface area contributed by atoms with Crippen LogP contribution in [0.2, 0.25) is 0 Å². The molecule has 1 atom stereocenters. The minimum Gasteiger partial charge on any atom is -0.497 e. The number of likely N-dealkylation sites (tertiary alicyclic amines) is 1. The maximum absolute atomic E-state index is 11.5. The Kier molecular flexibility index (Phi) is 8.92. The van der Waals surface area contributed by atoms with E-state index in [0.29, 0.717) is 6.54 Å². The number of carbonyl (C=O) groups is 1. The van der Waals surface area contributed by atoms with E-state index < -0.39 is 0 Å². The molecule has 0 saturated carbocycles. The van der Waals surface area contributed by atoms with Gasteiger partial charge in [-0.05, 0) is 54.6 Å². The third-order valence-corrected chi connectivity index (χ3v) is 5.85. The van der Waals surface area contributed by atoms with Gasteiger partial charge in [-0.15, -0.1) is 0 Å². The number of benzene rings is 2. The number of primary amides is 1. The Morgan fingerprint density at radius 2 is 1.94 bits per heavy atom. The predicted molar refractivity (Wildman–Crippen MR) is 129 cm³/mol. The quantitative estimate of drug-likeness (QED) is 0.414. The Morgan fingerprint density at radius 1 is 1.16 bits per heavy atom. The summed E-state index contributed by atoms with van der Waals surface area (Å²) < 4.78 is 5.20. The Bertz CT molecular complexity index is 897. The second kappa shape index (κ2) is 12.1. The van der Waals surface area contributed by atoms with Gasteiger partial charge in [0.1, 0.15) is 5.75 Å². The van der Waals surface area contributed by atoms with E-state index in [2.05, 4.69) is 56.9 Å². The Balaban J connectivity index is 1.45. The summed E-state index contributed by atoms with van der Waals surface area (Å²) in [4.78, 5) is 18.2. The SMILES string of the molecule is CN=C(NCCc1ccc(OC)cc1)NCc1cccc(CN2CCCC(C(N)=O)C2)c1. The highest BCUT2D eigenvalue weighted by Gasteiger charge is 2.23. The molecule has 3 rings (SSSR count). The van der Waals surface area contributed by atoms with E-state index in [0.717, 1.165) is 57.2 Å². The average molecular weight is 438 g/mol. The second-order valence-corrected chi connectivity index (χ2v) is 8.25. The van der Waals surface area contributed by atoms with Crippen molar-refractivity contribution in [1.29, 1.82) is 0 Å². The van der Waals surface area contributed by atoms with Gasteiger partial charge < -0.3 is 21.1 Å². The number of nitrogens with zero attached hydrogens (tertiary/aromatic N) is 2. The van der Waals surface area contributed by atoms with Crippen LogP contribution in [0.15, 0.2) is 53.5 Å². The minimum absolute atomic E-state index is 0.0269. The molecule has 7 heteroatoms. The fraction of sp³-hybridized carbons (Fsp3) is 0.440. The zero-order valence-corrected chi connectivity index (χ0v) is 19.1. The highest BCUT2D eigenvalue weighted by molar-refractivity contribution is 5.79. The van der Waals surface area contributed by atoms with Crippen LogP contribution in [0.5, 0.6) is 5.75 Å². The molecule has 172 valence electrons. The van der Waals surface area contributed by atoms with Gasteiger partial charge in [-0.2, -0.15) is 0 Å². The summed E-state index contributed by atoms with van der Waals surface area (Å²) in [6, 6.07) is 16.7. The number of amides is 1. The number of ether oxygens (including phenoxy) is 1. The van der Waals surface area contributed by atoms with Gasteiger partial charge in [-0.1, -0.05) is 36.4 Å². The molecule has 0 radical (unpaired) electrons. The third kappa shape index (κ3) is 7.27. The summed E-state index contributed by atoms with van der Waals surface area (Å²) in [5, 5.41) is 6.76. The van der Waals surface area contributed by atoms with Crippen molar-refractivity contribution in [1.82, 2.24) is 15.5 Å². The lowest BCUT2D eigenvalue weighted by atomic mass is 9.97. The number of guanidine groups is 1. The van der Waals surface area contributed by atoms with Gasteiger partial charge in [0.2, 0.25) is 5.91 Å². The topological polar surface area (TPSA) is 92.0 Å². The van der Waals surface area contributed by atoms with Crippen molar-refractivity contribution in [2.45, 2.75) is 32.4 Å². The third-order valence-electron chi connectivity index (χ3n) is 5.85. The first-order chi connectivity index (χ1) is 15.6. The van der Waals surface area contributed by atoms with Crippen LogP contribution in [0.25, 0.3) is 0 Å². The van der Waals surface area contributed by atoms with Crippen LogP contribution in [0, 0.1) is 5.92 Å². The summed E-state index contributed by atoms with van der Waals surface area (Å²) in [5.41, 5.74) is 9.20. The minimum atomic E-state index is -0.182. The average Bonchev–Trinajstić information content (AvgIpc) is 2.82. The molecule has 1 heterocycles. The Morgan fingerprint density at radius 3 is 2.66 bits per heavy atom. The van der Waals surface area contributed by atoms with Crippen LogP contribution >= 0.6 is 0 Å². The van der Waals surface area contributed by atoms with Crippen molar-refractivity contribution < 1.29 is 9.53 Å². The lowest BCUT2D eigenvalue weighted by Crippen LogP contribution is -2.40. The maximum Gasteiger partial charge on any atom is 0.221 e. The number of nitrogens with one attached hydrogen (secondary N) is 2. The fourth-order valence-corrected chi connectivity index (χ4v) is 4.05. The Hall–Kier alpha value is -3.06. The standard InChI is InChI=1S/C25H35N5O2/c1-27-25(28-13-12-19-8-10-23(32-2)11-9-19)29-16-20-5-3-6-21(15-20)17-30-14-4-7-22(18-30)24(26)31/h3,5-6,8-11,15,22H,4,7,12-14,16-18H2,1-2H3,(H2,26,31)(H2,27,28,29). The molecule has 4 N–H and O–H groups in total. The largest absolute Gasteiger partial charge is 0.497 e. The van der Waals surface area contributed by atoms with Crippen LogP contribution in [-0.2, 0) is 24.3 Å². The van der Waals surface area contributed by atoms with Crippen LogP contribution in [0.1, 0.15) is 29.5 Å². The van der Waals surface area contributed by atoms with Crippen molar-refractivity contribution in [3.63, 3.8) is 0 Å². The normalized spacial score (nSPS) is 17.1. The summed E-state index contributed by atoms with van der Waals surface area (Å²) in [5.74, 6) is 1.44. The molecule has 7 nitrogen and oxygen atoms in total. The molecule has 1 aliphatic rings. The monoisotopic (exact) mass is 437 g/mol. The van der Waals surface area contributed by atoms with Crippen LogP contribution in [0.3, 0.4) is 0 Å². The number of hydrogen-bond donors (Lipinski definition) is 3. The Labute approximate surface area is 191 Å². The van der Waals surface area contributed by atoms with Gasteiger partial charge in [0.25, 0.3) is 0 Å². The number of carbonyl (C=O) groups excluding carboxylic acids is 1. The molecule has 32 heavy (non-hydrogen) atoms. The van der Waals surface area contributed by atoms with Crippen molar-refractivity contribution in [2.24, 2.45) is 16.6 Å². The first-order valence-corrected chi connectivity index (χ1v) is 11.2. The zero-order chi connectivity index (χ0) is 22.8. The van der Waals surface area contributed by atoms with E-state index in [9.17, 15) is 4.79 Å². The van der Waals surface area contributed by atoms with E-state index in [1.807, 2.05) is 12.1 Å². The summed E-state index contributed by atoms with van der Waals surface area (Å²) in [7, 11) is 3.46. The molecule has 1 amide bonds. The smallest absolute Gasteiger partial charge is 0.221 e. The van der Waals surface area contributed by atoms with Gasteiger partial charge in [0, 0.05) is 33.2 Å². The molecule has 2 aromatic rings. The summed E-state index contributed by atoms with van der Waals surface area (Å²) in [6.07, 6.45) is 2.83. The highest BCUT2D eigenvalue weighted by Crippen LogP contribution is 2.19. The predicted octanol–water partition coefficient (Wildman–Crippen LogP) is 2.30. The van der Waals surface area contributed by atoms with E-state index in [1.165, 1.54) is 16.7 Å². The van der Waals surface area contributed by atoms with Crippen molar-refractivity contribution >= 4 is 11.9 Å². The number of methoxy groups -OCH3 is 1. The lowest BCUT2D eigenvalue weighted by molar-refractivity contribution is -0.123. The molecule has 1 saturated heterocycles. The molecule has 1 unspecified atom stereocenters. The van der Waals surface area contributed by atoms with Gasteiger partial charge in [0.15, 0.2) is 5.96 Å². The maximum atomic E-state index is 11.5. The first-order valence-electron chi connectivity index (χ1n) is 11.2. The first kappa shape index (κ1) is 23.6. The summed E-state index contributed by atoms with van der Waals surface area (Å²) >= 11 is 0. The number of rotatable bonds is 9. The number of nitrogens with two attached hydrogens (primary N) is 1. The molecule has 1 fully saturated rings. The van der Waals surface area contributed by atoms with Crippen molar-refractivity contribution in [2.75, 3.05) is 33.8 Å². The van der Waals surface area contributed by atoms with E-state index in [-0.39, 0.29) is 11.8 Å². The van der Waals surface area contributed by atoms with Crippen LogP contribution in [-0.4, -0.2) is 50.6 Å².